The fraction of sp³-hybridized carbons (Fsp3) is 0.214. The van der Waals surface area contributed by atoms with Gasteiger partial charge in [-0.05, 0) is 12.1 Å². The second kappa shape index (κ2) is 5.58. The van der Waals surface area contributed by atoms with E-state index in [4.69, 9.17) is 4.52 Å². The van der Waals surface area contributed by atoms with Crippen LogP contribution < -0.4 is 5.32 Å². The van der Waals surface area contributed by atoms with Gasteiger partial charge in [0.25, 0.3) is 0 Å². The number of rotatable bonds is 4. The summed E-state index contributed by atoms with van der Waals surface area (Å²) in [6, 6.07) is 8.07. The smallest absolute Gasteiger partial charge is 0.223 e. The first-order chi connectivity index (χ1) is 9.74. The number of fused-ring (bicyclic) bond motifs is 1. The van der Waals surface area contributed by atoms with E-state index in [-0.39, 0.29) is 0 Å². The molecule has 1 N–H and O–H groups in total. The lowest BCUT2D eigenvalue weighted by Crippen LogP contribution is -2.07. The molecule has 0 saturated carbocycles. The fourth-order valence-electron chi connectivity index (χ4n) is 2.05. The summed E-state index contributed by atoms with van der Waals surface area (Å²) >= 11 is 3.55. The standard InChI is InChI=1S/C14H13BrN4O/c1-9-18-13(19-20-9)6-8-17-14-11-3-2-4-12(15)10(11)5-7-16-14/h2-5,7H,6,8H2,1H3,(H,16,17). The molecule has 2 heterocycles. The third-order valence-corrected chi connectivity index (χ3v) is 3.66. The largest absolute Gasteiger partial charge is 0.369 e. The first kappa shape index (κ1) is 13.1. The molecular formula is C14H13BrN4O. The van der Waals surface area contributed by atoms with E-state index in [9.17, 15) is 0 Å². The van der Waals surface area contributed by atoms with Crippen molar-refractivity contribution < 1.29 is 4.52 Å². The van der Waals surface area contributed by atoms with E-state index in [2.05, 4.69) is 36.4 Å². The average Bonchev–Trinajstić information content (AvgIpc) is 2.86. The summed E-state index contributed by atoms with van der Waals surface area (Å²) in [7, 11) is 0. The summed E-state index contributed by atoms with van der Waals surface area (Å²) < 4.78 is 6.01. The van der Waals surface area contributed by atoms with Crippen molar-refractivity contribution in [1.29, 1.82) is 0 Å². The number of benzene rings is 1. The number of anilines is 1. The highest BCUT2D eigenvalue weighted by molar-refractivity contribution is 9.10. The average molecular weight is 333 g/mol. The molecule has 0 bridgehead atoms. The van der Waals surface area contributed by atoms with Gasteiger partial charge in [-0.15, -0.1) is 0 Å². The van der Waals surface area contributed by atoms with E-state index in [0.29, 0.717) is 24.7 Å². The predicted octanol–water partition coefficient (Wildman–Crippen LogP) is 3.34. The number of aryl methyl sites for hydroxylation is 1. The topological polar surface area (TPSA) is 63.8 Å². The maximum Gasteiger partial charge on any atom is 0.223 e. The van der Waals surface area contributed by atoms with Crippen molar-refractivity contribution in [1.82, 2.24) is 15.1 Å². The van der Waals surface area contributed by atoms with Gasteiger partial charge in [-0.25, -0.2) is 4.98 Å². The van der Waals surface area contributed by atoms with Gasteiger partial charge in [-0.1, -0.05) is 33.2 Å². The van der Waals surface area contributed by atoms with E-state index in [1.807, 2.05) is 24.3 Å². The molecular weight excluding hydrogens is 320 g/mol. The molecule has 0 saturated heterocycles. The Morgan fingerprint density at radius 2 is 2.15 bits per heavy atom. The summed E-state index contributed by atoms with van der Waals surface area (Å²) in [4.78, 5) is 8.56. The quantitative estimate of drug-likeness (QED) is 0.793. The van der Waals surface area contributed by atoms with Crippen LogP contribution in [0.1, 0.15) is 11.7 Å². The number of halogens is 1. The highest BCUT2D eigenvalue weighted by Crippen LogP contribution is 2.27. The molecule has 0 fully saturated rings. The monoisotopic (exact) mass is 332 g/mol. The normalized spacial score (nSPS) is 10.9. The highest BCUT2D eigenvalue weighted by Gasteiger charge is 2.05. The molecule has 3 aromatic rings. The van der Waals surface area contributed by atoms with Crippen LogP contribution in [0, 0.1) is 6.92 Å². The molecule has 5 nitrogen and oxygen atoms in total. The first-order valence-electron chi connectivity index (χ1n) is 6.30. The second-order valence-electron chi connectivity index (χ2n) is 4.40. The SMILES string of the molecule is Cc1nc(CCNc2nccc3c(Br)cccc23)no1. The minimum absolute atomic E-state index is 0.590. The summed E-state index contributed by atoms with van der Waals surface area (Å²) in [6.07, 6.45) is 2.50. The number of nitrogens with one attached hydrogen (secondary N) is 1. The molecule has 1 aromatic carbocycles. The van der Waals surface area contributed by atoms with E-state index >= 15 is 0 Å². The third-order valence-electron chi connectivity index (χ3n) is 2.96. The number of aromatic nitrogens is 3. The zero-order valence-electron chi connectivity index (χ0n) is 10.9. The molecule has 0 unspecified atom stereocenters. The summed E-state index contributed by atoms with van der Waals surface area (Å²) in [5.41, 5.74) is 0. The molecule has 0 amide bonds. The lowest BCUT2D eigenvalue weighted by molar-refractivity contribution is 0.387. The van der Waals surface area contributed by atoms with Gasteiger partial charge in [0.2, 0.25) is 5.89 Å². The molecule has 0 spiro atoms. The lowest BCUT2D eigenvalue weighted by atomic mass is 10.1. The van der Waals surface area contributed by atoms with Crippen LogP contribution in [0.2, 0.25) is 0 Å². The van der Waals surface area contributed by atoms with E-state index in [1.165, 1.54) is 0 Å². The zero-order valence-corrected chi connectivity index (χ0v) is 12.5. The van der Waals surface area contributed by atoms with Crippen molar-refractivity contribution in [2.75, 3.05) is 11.9 Å². The second-order valence-corrected chi connectivity index (χ2v) is 5.26. The van der Waals surface area contributed by atoms with Gasteiger partial charge in [0.05, 0.1) is 0 Å². The number of pyridine rings is 1. The van der Waals surface area contributed by atoms with Crippen molar-refractivity contribution in [3.8, 4) is 0 Å². The minimum atomic E-state index is 0.590. The fourth-order valence-corrected chi connectivity index (χ4v) is 2.54. The molecule has 0 radical (unpaired) electrons. The maximum atomic E-state index is 4.94. The third kappa shape index (κ3) is 2.65. The van der Waals surface area contributed by atoms with Crippen molar-refractivity contribution in [3.63, 3.8) is 0 Å². The van der Waals surface area contributed by atoms with Crippen molar-refractivity contribution in [2.24, 2.45) is 0 Å². The Balaban J connectivity index is 1.76. The molecule has 0 aliphatic heterocycles. The molecule has 0 aliphatic rings. The van der Waals surface area contributed by atoms with Gasteiger partial charge in [-0.3, -0.25) is 0 Å². The Kier molecular flexibility index (Phi) is 3.64. The molecule has 3 rings (SSSR count). The number of hydrogen-bond donors (Lipinski definition) is 1. The van der Waals surface area contributed by atoms with Gasteiger partial charge < -0.3 is 9.84 Å². The lowest BCUT2D eigenvalue weighted by Gasteiger charge is -2.08. The van der Waals surface area contributed by atoms with Crippen LogP contribution in [0.3, 0.4) is 0 Å². The molecule has 0 aliphatic carbocycles. The number of hydrogen-bond acceptors (Lipinski definition) is 5. The zero-order chi connectivity index (χ0) is 13.9. The number of nitrogens with zero attached hydrogens (tertiary/aromatic N) is 3. The van der Waals surface area contributed by atoms with Crippen molar-refractivity contribution in [3.05, 3.63) is 46.7 Å². The van der Waals surface area contributed by atoms with Gasteiger partial charge in [0, 0.05) is 41.3 Å². The first-order valence-corrected chi connectivity index (χ1v) is 7.09. The van der Waals surface area contributed by atoms with Gasteiger partial charge in [0.15, 0.2) is 5.82 Å². The Morgan fingerprint density at radius 3 is 2.95 bits per heavy atom. The van der Waals surface area contributed by atoms with E-state index < -0.39 is 0 Å². The Bertz CT molecular complexity index is 741. The van der Waals surface area contributed by atoms with Crippen LogP contribution in [-0.4, -0.2) is 21.7 Å². The Labute approximate surface area is 124 Å². The van der Waals surface area contributed by atoms with Crippen LogP contribution in [0.4, 0.5) is 5.82 Å². The van der Waals surface area contributed by atoms with Crippen LogP contribution in [-0.2, 0) is 6.42 Å². The van der Waals surface area contributed by atoms with E-state index in [1.54, 1.807) is 13.1 Å². The van der Waals surface area contributed by atoms with Crippen molar-refractivity contribution >= 4 is 32.5 Å². The van der Waals surface area contributed by atoms with Crippen LogP contribution >= 0.6 is 15.9 Å². The molecule has 102 valence electrons. The highest BCUT2D eigenvalue weighted by atomic mass is 79.9. The summed E-state index contributed by atoms with van der Waals surface area (Å²) in [5.74, 6) is 2.16. The van der Waals surface area contributed by atoms with Crippen LogP contribution in [0.25, 0.3) is 10.8 Å². The molecule has 2 aromatic heterocycles. The van der Waals surface area contributed by atoms with Crippen LogP contribution in [0.5, 0.6) is 0 Å². The van der Waals surface area contributed by atoms with E-state index in [0.717, 1.165) is 21.1 Å². The Morgan fingerprint density at radius 1 is 1.25 bits per heavy atom. The minimum Gasteiger partial charge on any atom is -0.369 e. The van der Waals surface area contributed by atoms with Gasteiger partial charge in [0.1, 0.15) is 5.82 Å². The predicted molar refractivity (Wildman–Crippen MR) is 80.7 cm³/mol. The van der Waals surface area contributed by atoms with Crippen LogP contribution in [0.15, 0.2) is 39.5 Å². The molecule has 0 atom stereocenters. The van der Waals surface area contributed by atoms with Gasteiger partial charge >= 0.3 is 0 Å². The Hall–Kier alpha value is -1.95. The summed E-state index contributed by atoms with van der Waals surface area (Å²) in [6.45, 7) is 2.49. The van der Waals surface area contributed by atoms with Gasteiger partial charge in [-0.2, -0.15) is 4.98 Å². The molecule has 6 heteroatoms. The molecule has 20 heavy (non-hydrogen) atoms. The maximum absolute atomic E-state index is 4.94. The summed E-state index contributed by atoms with van der Waals surface area (Å²) in [5, 5.41) is 9.42. The van der Waals surface area contributed by atoms with Crippen molar-refractivity contribution in [2.45, 2.75) is 13.3 Å².